The van der Waals surface area contributed by atoms with E-state index >= 15 is 0 Å². The number of hydrogen-bond donors (Lipinski definition) is 3. The summed E-state index contributed by atoms with van der Waals surface area (Å²) in [4.78, 5) is 26.3. The first-order chi connectivity index (χ1) is 14.5. The average Bonchev–Trinajstić information content (AvgIpc) is 2.73. The summed E-state index contributed by atoms with van der Waals surface area (Å²) in [5.41, 5.74) is 0. The van der Waals surface area contributed by atoms with Crippen molar-refractivity contribution in [1.82, 2.24) is 15.5 Å². The number of nitrogens with zero attached hydrogens (tertiary/aromatic N) is 1. The summed E-state index contributed by atoms with van der Waals surface area (Å²) < 4.78 is 0. The topological polar surface area (TPSA) is 81.7 Å². The van der Waals surface area contributed by atoms with Crippen molar-refractivity contribution in [3.8, 4) is 0 Å². The normalized spacial score (nSPS) is 13.3. The van der Waals surface area contributed by atoms with Gasteiger partial charge in [-0.25, -0.2) is 0 Å². The van der Waals surface area contributed by atoms with Crippen molar-refractivity contribution in [2.75, 3.05) is 26.2 Å². The highest BCUT2D eigenvalue weighted by Crippen LogP contribution is 2.08. The van der Waals surface area contributed by atoms with Gasteiger partial charge in [0.25, 0.3) is 0 Å². The van der Waals surface area contributed by atoms with E-state index in [-0.39, 0.29) is 30.5 Å². The molecule has 0 aromatic heterocycles. The van der Waals surface area contributed by atoms with Crippen molar-refractivity contribution in [2.45, 2.75) is 117 Å². The van der Waals surface area contributed by atoms with Gasteiger partial charge in [0.05, 0.1) is 6.61 Å². The van der Waals surface area contributed by atoms with Gasteiger partial charge in [0.2, 0.25) is 11.8 Å². The van der Waals surface area contributed by atoms with Crippen molar-refractivity contribution in [3.05, 3.63) is 0 Å². The SMILES string of the molecule is CCCCCCCC(=O)NCC(C)N(CCO)C(C)CNC(=O)CCCCCCC. The van der Waals surface area contributed by atoms with Crippen LogP contribution in [0.1, 0.15) is 105 Å². The minimum Gasteiger partial charge on any atom is -0.395 e. The van der Waals surface area contributed by atoms with Crippen LogP contribution in [0.15, 0.2) is 0 Å². The molecule has 30 heavy (non-hydrogen) atoms. The molecule has 0 aliphatic heterocycles. The lowest BCUT2D eigenvalue weighted by Gasteiger charge is -2.34. The van der Waals surface area contributed by atoms with Gasteiger partial charge >= 0.3 is 0 Å². The maximum Gasteiger partial charge on any atom is 0.220 e. The molecular weight excluding hydrogens is 378 g/mol. The lowest BCUT2D eigenvalue weighted by atomic mass is 10.1. The van der Waals surface area contributed by atoms with E-state index in [4.69, 9.17) is 0 Å². The summed E-state index contributed by atoms with van der Waals surface area (Å²) in [6.07, 6.45) is 12.6. The van der Waals surface area contributed by atoms with E-state index in [9.17, 15) is 14.7 Å². The molecule has 0 spiro atoms. The lowest BCUT2D eigenvalue weighted by molar-refractivity contribution is -0.121. The maximum atomic E-state index is 12.1. The van der Waals surface area contributed by atoms with Gasteiger partial charge in [-0.05, 0) is 26.7 Å². The van der Waals surface area contributed by atoms with Gasteiger partial charge in [-0.15, -0.1) is 0 Å². The van der Waals surface area contributed by atoms with Crippen LogP contribution in [0.2, 0.25) is 0 Å². The highest BCUT2D eigenvalue weighted by molar-refractivity contribution is 5.76. The number of amides is 2. The smallest absolute Gasteiger partial charge is 0.220 e. The highest BCUT2D eigenvalue weighted by atomic mass is 16.3. The van der Waals surface area contributed by atoms with E-state index in [1.807, 2.05) is 0 Å². The number of hydrogen-bond acceptors (Lipinski definition) is 4. The third kappa shape index (κ3) is 15.7. The molecule has 0 aromatic rings. The number of aliphatic hydroxyl groups is 1. The van der Waals surface area contributed by atoms with Gasteiger partial charge in [0.15, 0.2) is 0 Å². The molecule has 0 fully saturated rings. The van der Waals surface area contributed by atoms with Crippen molar-refractivity contribution in [3.63, 3.8) is 0 Å². The van der Waals surface area contributed by atoms with Crippen molar-refractivity contribution < 1.29 is 14.7 Å². The van der Waals surface area contributed by atoms with Gasteiger partial charge in [0.1, 0.15) is 0 Å². The molecule has 2 atom stereocenters. The number of rotatable bonds is 20. The molecule has 178 valence electrons. The van der Waals surface area contributed by atoms with E-state index in [1.54, 1.807) is 0 Å². The quantitative estimate of drug-likeness (QED) is 0.256. The molecule has 0 heterocycles. The maximum absolute atomic E-state index is 12.1. The summed E-state index contributed by atoms with van der Waals surface area (Å²) in [5.74, 6) is 0.206. The molecule has 0 aliphatic rings. The number of nitrogens with one attached hydrogen (secondary N) is 2. The van der Waals surface area contributed by atoms with Crippen LogP contribution in [-0.4, -0.2) is 60.1 Å². The Balaban J connectivity index is 4.18. The van der Waals surface area contributed by atoms with Crippen molar-refractivity contribution in [1.29, 1.82) is 0 Å². The monoisotopic (exact) mass is 427 g/mol. The van der Waals surface area contributed by atoms with E-state index < -0.39 is 0 Å². The summed E-state index contributed by atoms with van der Waals surface area (Å²) >= 11 is 0. The standard InChI is InChI=1S/C24H49N3O3/c1-5-7-9-11-13-15-23(29)25-19-21(3)27(17-18-28)22(4)20-26-24(30)16-14-12-10-8-6-2/h21-22,28H,5-20H2,1-4H3,(H,25,29)(H,26,30). The number of carbonyl (C=O) groups is 2. The average molecular weight is 428 g/mol. The lowest BCUT2D eigenvalue weighted by Crippen LogP contribution is -2.51. The Hall–Kier alpha value is -1.14. The third-order valence-corrected chi connectivity index (χ3v) is 5.69. The van der Waals surface area contributed by atoms with Crippen LogP contribution in [-0.2, 0) is 9.59 Å². The number of aliphatic hydroxyl groups excluding tert-OH is 1. The molecule has 2 amide bonds. The van der Waals surface area contributed by atoms with E-state index in [0.29, 0.717) is 32.5 Å². The second-order valence-corrected chi connectivity index (χ2v) is 8.60. The van der Waals surface area contributed by atoms with E-state index in [2.05, 4.69) is 43.2 Å². The molecule has 3 N–H and O–H groups in total. The van der Waals surface area contributed by atoms with E-state index in [1.165, 1.54) is 38.5 Å². The molecule has 0 radical (unpaired) electrons. The molecule has 0 bridgehead atoms. The van der Waals surface area contributed by atoms with E-state index in [0.717, 1.165) is 25.7 Å². The van der Waals surface area contributed by atoms with Crippen LogP contribution in [0.25, 0.3) is 0 Å². The summed E-state index contributed by atoms with van der Waals surface area (Å²) in [5, 5.41) is 15.5. The molecule has 2 unspecified atom stereocenters. The van der Waals surface area contributed by atoms with Crippen LogP contribution in [0.4, 0.5) is 0 Å². The van der Waals surface area contributed by atoms with Crippen LogP contribution < -0.4 is 10.6 Å². The number of carbonyl (C=O) groups excluding carboxylic acids is 2. The Kier molecular flexibility index (Phi) is 19.0. The Bertz CT molecular complexity index is 396. The number of unbranched alkanes of at least 4 members (excludes halogenated alkanes) is 8. The first-order valence-corrected chi connectivity index (χ1v) is 12.4. The molecule has 0 saturated carbocycles. The fourth-order valence-electron chi connectivity index (χ4n) is 3.70. The Morgan fingerprint density at radius 3 is 1.50 bits per heavy atom. The predicted octanol–water partition coefficient (Wildman–Crippen LogP) is 4.01. The van der Waals surface area contributed by atoms with Gasteiger partial charge in [-0.1, -0.05) is 65.2 Å². The van der Waals surface area contributed by atoms with Gasteiger partial charge < -0.3 is 15.7 Å². The van der Waals surface area contributed by atoms with Gasteiger partial charge in [-0.3, -0.25) is 14.5 Å². The zero-order valence-electron chi connectivity index (χ0n) is 20.2. The highest BCUT2D eigenvalue weighted by Gasteiger charge is 2.20. The Morgan fingerprint density at radius 1 is 0.733 bits per heavy atom. The zero-order chi connectivity index (χ0) is 22.6. The largest absolute Gasteiger partial charge is 0.395 e. The summed E-state index contributed by atoms with van der Waals surface area (Å²) in [6.45, 7) is 10.2. The van der Waals surface area contributed by atoms with Crippen LogP contribution in [0, 0.1) is 0 Å². The molecule has 6 heteroatoms. The minimum atomic E-state index is 0.0609. The molecule has 0 aliphatic carbocycles. The fourth-order valence-corrected chi connectivity index (χ4v) is 3.70. The molecular formula is C24H49N3O3. The van der Waals surface area contributed by atoms with Crippen LogP contribution >= 0.6 is 0 Å². The first-order valence-electron chi connectivity index (χ1n) is 12.4. The van der Waals surface area contributed by atoms with Crippen LogP contribution in [0.5, 0.6) is 0 Å². The predicted molar refractivity (Wildman–Crippen MR) is 125 cm³/mol. The molecule has 0 aromatic carbocycles. The second kappa shape index (κ2) is 19.8. The second-order valence-electron chi connectivity index (χ2n) is 8.60. The first kappa shape index (κ1) is 28.9. The van der Waals surface area contributed by atoms with Gasteiger partial charge in [-0.2, -0.15) is 0 Å². The van der Waals surface area contributed by atoms with Crippen LogP contribution in [0.3, 0.4) is 0 Å². The third-order valence-electron chi connectivity index (χ3n) is 5.69. The fraction of sp³-hybridized carbons (Fsp3) is 0.917. The Morgan fingerprint density at radius 2 is 1.13 bits per heavy atom. The minimum absolute atomic E-state index is 0.0609. The van der Waals surface area contributed by atoms with Crippen molar-refractivity contribution in [2.24, 2.45) is 0 Å². The molecule has 0 saturated heterocycles. The summed E-state index contributed by atoms with van der Waals surface area (Å²) in [6, 6.07) is 0.198. The molecule has 0 rings (SSSR count). The zero-order valence-corrected chi connectivity index (χ0v) is 20.2. The summed E-state index contributed by atoms with van der Waals surface area (Å²) in [7, 11) is 0. The molecule has 6 nitrogen and oxygen atoms in total. The van der Waals surface area contributed by atoms with Gasteiger partial charge in [0, 0.05) is 44.6 Å². The van der Waals surface area contributed by atoms with Crippen molar-refractivity contribution >= 4 is 11.8 Å². The Labute approximate surface area is 185 Å².